The third-order valence-electron chi connectivity index (χ3n) is 3.52. The van der Waals surface area contributed by atoms with Crippen LogP contribution in [0.1, 0.15) is 31.7 Å². The fourth-order valence-corrected chi connectivity index (χ4v) is 2.80. The molecule has 0 amide bonds. The maximum atomic E-state index is 9.27. The largest absolute Gasteiger partial charge is 0.369 e. The van der Waals surface area contributed by atoms with E-state index in [1.165, 1.54) is 12.8 Å². The molecule has 0 aliphatic carbocycles. The van der Waals surface area contributed by atoms with Gasteiger partial charge >= 0.3 is 0 Å². The molecule has 1 saturated heterocycles. The van der Waals surface area contributed by atoms with Crippen molar-refractivity contribution in [1.82, 2.24) is 5.32 Å². The molecule has 102 valence electrons. The van der Waals surface area contributed by atoms with Crippen molar-refractivity contribution in [3.05, 3.63) is 28.8 Å². The van der Waals surface area contributed by atoms with Gasteiger partial charge in [0.2, 0.25) is 0 Å². The van der Waals surface area contributed by atoms with Crippen LogP contribution < -0.4 is 10.2 Å². The second-order valence-corrected chi connectivity index (χ2v) is 5.45. The Bertz CT molecular complexity index is 461. The van der Waals surface area contributed by atoms with Crippen molar-refractivity contribution in [2.75, 3.05) is 24.5 Å². The van der Waals surface area contributed by atoms with Gasteiger partial charge in [0.1, 0.15) is 6.07 Å². The molecule has 1 aromatic carbocycles. The van der Waals surface area contributed by atoms with Gasteiger partial charge in [0.25, 0.3) is 0 Å². The van der Waals surface area contributed by atoms with E-state index in [1.54, 1.807) is 6.07 Å². The predicted octanol–water partition coefficient (Wildman–Crippen LogP) is 3.18. The third-order valence-corrected chi connectivity index (χ3v) is 3.75. The van der Waals surface area contributed by atoms with Crippen molar-refractivity contribution in [1.29, 1.82) is 5.26 Å². The van der Waals surface area contributed by atoms with Gasteiger partial charge in [-0.15, -0.1) is 0 Å². The minimum Gasteiger partial charge on any atom is -0.369 e. The lowest BCUT2D eigenvalue weighted by molar-refractivity contribution is 0.578. The molecule has 0 bridgehead atoms. The predicted molar refractivity (Wildman–Crippen MR) is 79.7 cm³/mol. The van der Waals surface area contributed by atoms with Gasteiger partial charge in [0.15, 0.2) is 0 Å². The average molecular weight is 278 g/mol. The zero-order valence-electron chi connectivity index (χ0n) is 11.3. The molecule has 1 atom stereocenters. The molecule has 1 aliphatic heterocycles. The number of anilines is 1. The Labute approximate surface area is 120 Å². The number of benzene rings is 1. The first-order chi connectivity index (χ1) is 9.24. The Morgan fingerprint density at radius 2 is 2.37 bits per heavy atom. The molecule has 19 heavy (non-hydrogen) atoms. The van der Waals surface area contributed by atoms with E-state index in [-0.39, 0.29) is 0 Å². The Kier molecular flexibility index (Phi) is 5.07. The van der Waals surface area contributed by atoms with Crippen molar-refractivity contribution in [2.45, 2.75) is 32.2 Å². The molecule has 0 spiro atoms. The van der Waals surface area contributed by atoms with Gasteiger partial charge in [0.05, 0.1) is 11.3 Å². The molecular weight excluding hydrogens is 258 g/mol. The quantitative estimate of drug-likeness (QED) is 0.898. The number of nitrogens with zero attached hydrogens (tertiary/aromatic N) is 2. The zero-order chi connectivity index (χ0) is 13.7. The van der Waals surface area contributed by atoms with Gasteiger partial charge in [0, 0.05) is 24.2 Å². The summed E-state index contributed by atoms with van der Waals surface area (Å²) in [5.41, 5.74) is 1.67. The first-order valence-electron chi connectivity index (χ1n) is 6.92. The van der Waals surface area contributed by atoms with Crippen LogP contribution in [0.3, 0.4) is 0 Å². The first kappa shape index (κ1) is 14.2. The summed E-state index contributed by atoms with van der Waals surface area (Å²) in [6.45, 7) is 5.20. The van der Waals surface area contributed by atoms with Gasteiger partial charge in [-0.3, -0.25) is 0 Å². The summed E-state index contributed by atoms with van der Waals surface area (Å²) in [4.78, 5) is 2.30. The van der Waals surface area contributed by atoms with Gasteiger partial charge in [-0.05, 0) is 44.0 Å². The van der Waals surface area contributed by atoms with Crippen LogP contribution in [0.4, 0.5) is 5.69 Å². The maximum Gasteiger partial charge on any atom is 0.101 e. The normalized spacial score (nSPS) is 18.3. The van der Waals surface area contributed by atoms with E-state index in [0.717, 1.165) is 31.7 Å². The average Bonchev–Trinajstić information content (AvgIpc) is 2.91. The lowest BCUT2D eigenvalue weighted by atomic mass is 10.1. The molecule has 1 fully saturated rings. The molecule has 0 radical (unpaired) electrons. The van der Waals surface area contributed by atoms with Crippen molar-refractivity contribution in [3.63, 3.8) is 0 Å². The second kappa shape index (κ2) is 6.79. The van der Waals surface area contributed by atoms with Crippen molar-refractivity contribution in [2.24, 2.45) is 0 Å². The van der Waals surface area contributed by atoms with Crippen molar-refractivity contribution >= 4 is 17.3 Å². The molecule has 2 rings (SSSR count). The van der Waals surface area contributed by atoms with Crippen LogP contribution in [0.5, 0.6) is 0 Å². The first-order valence-corrected chi connectivity index (χ1v) is 7.30. The number of hydrogen-bond acceptors (Lipinski definition) is 3. The van der Waals surface area contributed by atoms with E-state index in [4.69, 9.17) is 11.6 Å². The highest BCUT2D eigenvalue weighted by Gasteiger charge is 2.19. The summed E-state index contributed by atoms with van der Waals surface area (Å²) in [5.74, 6) is 0. The molecule has 0 aromatic heterocycles. The van der Waals surface area contributed by atoms with Gasteiger partial charge in [-0.1, -0.05) is 18.5 Å². The zero-order valence-corrected chi connectivity index (χ0v) is 12.1. The summed E-state index contributed by atoms with van der Waals surface area (Å²) in [7, 11) is 0. The van der Waals surface area contributed by atoms with Gasteiger partial charge < -0.3 is 10.2 Å². The number of hydrogen-bond donors (Lipinski definition) is 1. The molecule has 1 N–H and O–H groups in total. The standard InChI is InChI=1S/C15H20ClN3/c1-2-8-19(11-14-4-3-7-18-14)15-6-5-13(16)9-12(15)10-17/h5-6,9,14,18H,2-4,7-8,11H2,1H3. The van der Waals surface area contributed by atoms with Crippen LogP contribution in [0.25, 0.3) is 0 Å². The molecule has 1 aromatic rings. The van der Waals surface area contributed by atoms with E-state index in [0.29, 0.717) is 16.6 Å². The van der Waals surface area contributed by atoms with E-state index < -0.39 is 0 Å². The molecular formula is C15H20ClN3. The number of nitrogens with one attached hydrogen (secondary N) is 1. The Balaban J connectivity index is 2.20. The smallest absolute Gasteiger partial charge is 0.101 e. The van der Waals surface area contributed by atoms with Crippen LogP contribution >= 0.6 is 11.6 Å². The van der Waals surface area contributed by atoms with E-state index in [9.17, 15) is 5.26 Å². The third kappa shape index (κ3) is 3.62. The topological polar surface area (TPSA) is 39.1 Å². The lowest BCUT2D eigenvalue weighted by Gasteiger charge is -2.28. The van der Waals surface area contributed by atoms with E-state index >= 15 is 0 Å². The number of rotatable bonds is 5. The molecule has 0 saturated carbocycles. The number of halogens is 1. The summed E-state index contributed by atoms with van der Waals surface area (Å²) in [6.07, 6.45) is 3.53. The van der Waals surface area contributed by atoms with Gasteiger partial charge in [-0.25, -0.2) is 0 Å². The fraction of sp³-hybridized carbons (Fsp3) is 0.533. The highest BCUT2D eigenvalue weighted by molar-refractivity contribution is 6.30. The Morgan fingerprint density at radius 1 is 1.53 bits per heavy atom. The van der Waals surface area contributed by atoms with Crippen LogP contribution in [0.15, 0.2) is 18.2 Å². The Hall–Kier alpha value is -1.24. The summed E-state index contributed by atoms with van der Waals surface area (Å²) >= 11 is 5.97. The highest BCUT2D eigenvalue weighted by Crippen LogP contribution is 2.25. The minimum atomic E-state index is 0.536. The van der Waals surface area contributed by atoms with E-state index in [1.807, 2.05) is 12.1 Å². The Morgan fingerprint density at radius 3 is 3.00 bits per heavy atom. The summed E-state index contributed by atoms with van der Waals surface area (Å²) in [5, 5.41) is 13.4. The highest BCUT2D eigenvalue weighted by atomic mass is 35.5. The second-order valence-electron chi connectivity index (χ2n) is 5.01. The molecule has 1 heterocycles. The number of nitriles is 1. The van der Waals surface area contributed by atoms with Crippen LogP contribution in [0.2, 0.25) is 5.02 Å². The van der Waals surface area contributed by atoms with Crippen molar-refractivity contribution in [3.8, 4) is 6.07 Å². The molecule has 1 unspecified atom stereocenters. The lowest BCUT2D eigenvalue weighted by Crippen LogP contribution is -2.38. The van der Waals surface area contributed by atoms with E-state index in [2.05, 4.69) is 23.2 Å². The summed E-state index contributed by atoms with van der Waals surface area (Å²) < 4.78 is 0. The van der Waals surface area contributed by atoms with Gasteiger partial charge in [-0.2, -0.15) is 5.26 Å². The van der Waals surface area contributed by atoms with Crippen LogP contribution in [0, 0.1) is 11.3 Å². The SMILES string of the molecule is CCCN(CC1CCCN1)c1ccc(Cl)cc1C#N. The monoisotopic (exact) mass is 277 g/mol. The van der Waals surface area contributed by atoms with Crippen molar-refractivity contribution < 1.29 is 0 Å². The van der Waals surface area contributed by atoms with Crippen LogP contribution in [-0.2, 0) is 0 Å². The summed E-state index contributed by atoms with van der Waals surface area (Å²) in [6, 6.07) is 8.37. The maximum absolute atomic E-state index is 9.27. The molecule has 4 heteroatoms. The fourth-order valence-electron chi connectivity index (χ4n) is 2.63. The molecule has 1 aliphatic rings. The minimum absolute atomic E-state index is 0.536. The van der Waals surface area contributed by atoms with Crippen LogP contribution in [-0.4, -0.2) is 25.7 Å². The molecule has 3 nitrogen and oxygen atoms in total.